The van der Waals surface area contributed by atoms with Gasteiger partial charge in [0.15, 0.2) is 10.9 Å². The molecule has 0 saturated carbocycles. The van der Waals surface area contributed by atoms with E-state index in [0.717, 1.165) is 0 Å². The molecule has 1 atom stereocenters. The monoisotopic (exact) mass is 387 g/mol. The van der Waals surface area contributed by atoms with E-state index < -0.39 is 11.8 Å². The Bertz CT molecular complexity index is 1050. The van der Waals surface area contributed by atoms with E-state index in [1.165, 1.54) is 40.7 Å². The van der Waals surface area contributed by atoms with Crippen LogP contribution >= 0.6 is 11.8 Å². The molecule has 27 heavy (non-hydrogen) atoms. The molecule has 1 aromatic carbocycles. The largest absolute Gasteiger partial charge is 0.459 e. The molecule has 7 nitrogen and oxygen atoms in total. The molecule has 0 aliphatic carbocycles. The van der Waals surface area contributed by atoms with Crippen LogP contribution in [0.15, 0.2) is 57.1 Å². The van der Waals surface area contributed by atoms with Gasteiger partial charge in [-0.15, -0.1) is 0 Å². The van der Waals surface area contributed by atoms with E-state index in [2.05, 4.69) is 10.1 Å². The standard InChI is InChI=1S/C18H14FN3O4S/c19-14-4-2-1-3-13(14)15-7-11(21-26-15)9-25-17(24)8-12-10-27-18-20-6-5-16(23)22(12)18/h1-7,12H,8-10H2/t12-/m0/s1. The van der Waals surface area contributed by atoms with E-state index in [0.29, 0.717) is 16.6 Å². The van der Waals surface area contributed by atoms with Crippen LogP contribution < -0.4 is 5.56 Å². The number of rotatable bonds is 5. The summed E-state index contributed by atoms with van der Waals surface area (Å²) in [4.78, 5) is 28.2. The van der Waals surface area contributed by atoms with Gasteiger partial charge in [-0.3, -0.25) is 14.2 Å². The summed E-state index contributed by atoms with van der Waals surface area (Å²) in [6.45, 7) is -0.0918. The molecule has 0 radical (unpaired) electrons. The number of carbonyl (C=O) groups excluding carboxylic acids is 1. The van der Waals surface area contributed by atoms with Crippen molar-refractivity contribution in [1.29, 1.82) is 0 Å². The molecule has 0 spiro atoms. The molecule has 0 fully saturated rings. The van der Waals surface area contributed by atoms with Crippen LogP contribution in [0.2, 0.25) is 0 Å². The Morgan fingerprint density at radius 1 is 1.37 bits per heavy atom. The topological polar surface area (TPSA) is 87.2 Å². The second kappa shape index (κ2) is 7.36. The van der Waals surface area contributed by atoms with Crippen molar-refractivity contribution in [2.75, 3.05) is 5.75 Å². The van der Waals surface area contributed by atoms with Crippen LogP contribution in [0.25, 0.3) is 11.3 Å². The summed E-state index contributed by atoms with van der Waals surface area (Å²) in [5.74, 6) is -0.0332. The average molecular weight is 387 g/mol. The summed E-state index contributed by atoms with van der Waals surface area (Å²) in [6.07, 6.45) is 1.52. The van der Waals surface area contributed by atoms with Gasteiger partial charge in [0.1, 0.15) is 18.1 Å². The van der Waals surface area contributed by atoms with Crippen LogP contribution in [-0.4, -0.2) is 26.4 Å². The summed E-state index contributed by atoms with van der Waals surface area (Å²) in [7, 11) is 0. The fourth-order valence-corrected chi connectivity index (χ4v) is 3.94. The first-order valence-electron chi connectivity index (χ1n) is 8.18. The first-order chi connectivity index (χ1) is 13.1. The third-order valence-corrected chi connectivity index (χ3v) is 5.21. The zero-order valence-electron chi connectivity index (χ0n) is 14.0. The lowest BCUT2D eigenvalue weighted by Gasteiger charge is -2.11. The number of benzene rings is 1. The van der Waals surface area contributed by atoms with Crippen molar-refractivity contribution < 1.29 is 18.4 Å². The molecule has 0 saturated heterocycles. The molecular weight excluding hydrogens is 373 g/mol. The van der Waals surface area contributed by atoms with Gasteiger partial charge in [0.05, 0.1) is 18.0 Å². The highest BCUT2D eigenvalue weighted by Gasteiger charge is 2.27. The number of hydrogen-bond donors (Lipinski definition) is 0. The number of nitrogens with zero attached hydrogens (tertiary/aromatic N) is 3. The van der Waals surface area contributed by atoms with Crippen molar-refractivity contribution in [3.63, 3.8) is 0 Å². The van der Waals surface area contributed by atoms with Crippen molar-refractivity contribution in [3.8, 4) is 11.3 Å². The second-order valence-corrected chi connectivity index (χ2v) is 6.91. The van der Waals surface area contributed by atoms with Crippen molar-refractivity contribution >= 4 is 17.7 Å². The number of fused-ring (bicyclic) bond motifs is 1. The molecule has 0 unspecified atom stereocenters. The first kappa shape index (κ1) is 17.5. The first-order valence-corrected chi connectivity index (χ1v) is 9.17. The predicted octanol–water partition coefficient (Wildman–Crippen LogP) is 2.82. The minimum Gasteiger partial charge on any atom is -0.459 e. The minimum absolute atomic E-state index is 0.0591. The van der Waals surface area contributed by atoms with E-state index in [-0.39, 0.29) is 36.0 Å². The summed E-state index contributed by atoms with van der Waals surface area (Å²) < 4.78 is 25.6. The third-order valence-electron chi connectivity index (χ3n) is 4.10. The van der Waals surface area contributed by atoms with Crippen molar-refractivity contribution in [2.45, 2.75) is 24.2 Å². The maximum atomic E-state index is 13.8. The highest BCUT2D eigenvalue weighted by molar-refractivity contribution is 7.99. The Kier molecular flexibility index (Phi) is 4.76. The van der Waals surface area contributed by atoms with Crippen LogP contribution in [0, 0.1) is 5.82 Å². The minimum atomic E-state index is -0.459. The Hall–Kier alpha value is -2.94. The average Bonchev–Trinajstić information content (AvgIpc) is 3.29. The Labute approximate surface area is 157 Å². The highest BCUT2D eigenvalue weighted by Crippen LogP contribution is 2.31. The molecule has 1 aliphatic heterocycles. The van der Waals surface area contributed by atoms with Gasteiger partial charge in [0.25, 0.3) is 5.56 Å². The fraction of sp³-hybridized carbons (Fsp3) is 0.222. The van der Waals surface area contributed by atoms with Crippen LogP contribution in [0.5, 0.6) is 0 Å². The zero-order chi connectivity index (χ0) is 18.8. The van der Waals surface area contributed by atoms with E-state index in [1.807, 2.05) is 0 Å². The number of carbonyl (C=O) groups is 1. The molecule has 0 amide bonds. The molecule has 2 aromatic heterocycles. The molecule has 3 aromatic rings. The van der Waals surface area contributed by atoms with Crippen LogP contribution in [-0.2, 0) is 16.1 Å². The van der Waals surface area contributed by atoms with E-state index in [9.17, 15) is 14.0 Å². The van der Waals surface area contributed by atoms with Gasteiger partial charge in [0.2, 0.25) is 0 Å². The maximum Gasteiger partial charge on any atom is 0.308 e. The van der Waals surface area contributed by atoms with Gasteiger partial charge in [-0.05, 0) is 12.1 Å². The Balaban J connectivity index is 1.37. The number of ether oxygens (including phenoxy) is 1. The molecule has 0 bridgehead atoms. The molecule has 138 valence electrons. The Morgan fingerprint density at radius 3 is 3.07 bits per heavy atom. The predicted molar refractivity (Wildman–Crippen MR) is 94.6 cm³/mol. The molecular formula is C18H14FN3O4S. The second-order valence-electron chi connectivity index (χ2n) is 5.93. The highest BCUT2D eigenvalue weighted by atomic mass is 32.2. The number of halogens is 1. The summed E-state index contributed by atoms with van der Waals surface area (Å²) in [6, 6.07) is 8.78. The normalized spacial score (nSPS) is 15.5. The summed E-state index contributed by atoms with van der Waals surface area (Å²) in [5.41, 5.74) is 0.476. The van der Waals surface area contributed by atoms with E-state index >= 15 is 0 Å². The van der Waals surface area contributed by atoms with Gasteiger partial charge >= 0.3 is 5.97 Å². The lowest BCUT2D eigenvalue weighted by Crippen LogP contribution is -2.25. The SMILES string of the molecule is O=C(C[C@H]1CSc2nccc(=O)n21)OCc1cc(-c2ccccc2F)on1. The molecule has 3 heterocycles. The quantitative estimate of drug-likeness (QED) is 0.491. The van der Waals surface area contributed by atoms with E-state index in [1.54, 1.807) is 18.2 Å². The van der Waals surface area contributed by atoms with Crippen molar-refractivity contribution in [2.24, 2.45) is 0 Å². The van der Waals surface area contributed by atoms with Gasteiger partial charge in [-0.1, -0.05) is 29.1 Å². The van der Waals surface area contributed by atoms with Crippen LogP contribution in [0.3, 0.4) is 0 Å². The van der Waals surface area contributed by atoms with Crippen LogP contribution in [0.4, 0.5) is 4.39 Å². The molecule has 9 heteroatoms. The van der Waals surface area contributed by atoms with Crippen molar-refractivity contribution in [1.82, 2.24) is 14.7 Å². The summed E-state index contributed by atoms with van der Waals surface area (Å²) >= 11 is 1.43. The lowest BCUT2D eigenvalue weighted by molar-refractivity contribution is -0.145. The third kappa shape index (κ3) is 3.63. The molecule has 4 rings (SSSR count). The number of aromatic nitrogens is 3. The fourth-order valence-electron chi connectivity index (χ4n) is 2.81. The Morgan fingerprint density at radius 2 is 2.22 bits per heavy atom. The number of thioether (sulfide) groups is 1. The van der Waals surface area contributed by atoms with Crippen molar-refractivity contribution in [3.05, 3.63) is 64.5 Å². The zero-order valence-corrected chi connectivity index (χ0v) is 14.8. The molecule has 1 aliphatic rings. The number of esters is 1. The van der Waals surface area contributed by atoms with Gasteiger partial charge < -0.3 is 9.26 Å². The maximum absolute atomic E-state index is 13.8. The van der Waals surface area contributed by atoms with Gasteiger partial charge in [-0.25, -0.2) is 9.37 Å². The van der Waals surface area contributed by atoms with Gasteiger partial charge in [-0.2, -0.15) is 0 Å². The van der Waals surface area contributed by atoms with E-state index in [4.69, 9.17) is 9.26 Å². The van der Waals surface area contributed by atoms with Crippen LogP contribution in [0.1, 0.15) is 18.2 Å². The van der Waals surface area contributed by atoms with Gasteiger partial charge in [0, 0.05) is 24.1 Å². The smallest absolute Gasteiger partial charge is 0.308 e. The lowest BCUT2D eigenvalue weighted by atomic mass is 10.1. The molecule has 0 N–H and O–H groups in total. The number of hydrogen-bond acceptors (Lipinski definition) is 7. The summed E-state index contributed by atoms with van der Waals surface area (Å²) in [5, 5.41) is 4.40.